The van der Waals surface area contributed by atoms with Gasteiger partial charge in [-0.05, 0) is 24.3 Å². The molecule has 0 bridgehead atoms. The summed E-state index contributed by atoms with van der Waals surface area (Å²) in [4.78, 5) is 39.9. The molecule has 2 aromatic carbocycles. The highest BCUT2D eigenvalue weighted by Gasteiger charge is 2.27. The molecule has 2 N–H and O–H groups in total. The lowest BCUT2D eigenvalue weighted by Crippen LogP contribution is -2.30. The number of carbonyl (C=O) groups excluding carboxylic acids is 2. The number of furan rings is 1. The number of hydrogen-bond donors (Lipinski definition) is 2. The van der Waals surface area contributed by atoms with Crippen molar-refractivity contribution in [3.63, 3.8) is 0 Å². The molecule has 0 fully saturated rings. The van der Waals surface area contributed by atoms with Crippen molar-refractivity contribution in [1.29, 1.82) is 5.26 Å². The number of aliphatic imine (C=N–C) groups is 1. The molecule has 3 aromatic rings. The predicted octanol–water partition coefficient (Wildman–Crippen LogP) is 2.93. The second-order valence-corrected chi connectivity index (χ2v) is 6.86. The summed E-state index contributed by atoms with van der Waals surface area (Å²) in [6.07, 6.45) is 1.47. The maximum absolute atomic E-state index is 12.7. The summed E-state index contributed by atoms with van der Waals surface area (Å²) in [6.45, 7) is 0.0966. The van der Waals surface area contributed by atoms with Crippen molar-refractivity contribution in [3.8, 4) is 6.07 Å². The molecule has 1 aliphatic rings. The van der Waals surface area contributed by atoms with Gasteiger partial charge in [-0.15, -0.1) is 0 Å². The Morgan fingerprint density at radius 1 is 1.06 bits per heavy atom. The van der Waals surface area contributed by atoms with Crippen LogP contribution >= 0.6 is 0 Å². The first-order valence-corrected chi connectivity index (χ1v) is 9.67. The lowest BCUT2D eigenvalue weighted by Gasteiger charge is -2.06. The van der Waals surface area contributed by atoms with Crippen LogP contribution in [-0.2, 0) is 11.3 Å². The zero-order valence-electron chi connectivity index (χ0n) is 16.9. The Hall–Kier alpha value is -5.04. The van der Waals surface area contributed by atoms with Crippen molar-refractivity contribution < 1.29 is 18.9 Å². The molecule has 33 heavy (non-hydrogen) atoms. The number of non-ortho nitro benzene ring substituents is 1. The molecule has 10 nitrogen and oxygen atoms in total. The molecule has 2 amide bonds. The summed E-state index contributed by atoms with van der Waals surface area (Å²) < 4.78 is 5.18. The Labute approximate surface area is 187 Å². The minimum atomic E-state index is -0.634. The molecule has 0 saturated carbocycles. The van der Waals surface area contributed by atoms with Crippen molar-refractivity contribution in [2.75, 3.05) is 0 Å². The number of hydrogen-bond acceptors (Lipinski definition) is 7. The first kappa shape index (κ1) is 21.2. The average molecular weight is 441 g/mol. The second kappa shape index (κ2) is 8.99. The van der Waals surface area contributed by atoms with Gasteiger partial charge in [-0.25, -0.2) is 4.99 Å². The minimum Gasteiger partial charge on any atom is -0.467 e. The van der Waals surface area contributed by atoms with Gasteiger partial charge in [0.15, 0.2) is 0 Å². The standard InChI is InChI=1S/C23H15N5O5/c24-12-19(23(30)25-13-16-4-3-11-33-16)20-17-5-1-2-6-18(17)21(26-20)27-22(29)14-7-9-15(10-8-14)28(31)32/h1-11H,13H2,(H,25,30)(H,26,27,29)/b20-19-. The number of amides is 2. The minimum absolute atomic E-state index is 0.0966. The van der Waals surface area contributed by atoms with E-state index in [4.69, 9.17) is 4.42 Å². The third-order valence-electron chi connectivity index (χ3n) is 4.81. The Balaban J connectivity index is 1.62. The van der Waals surface area contributed by atoms with Crippen LogP contribution in [0.25, 0.3) is 5.70 Å². The highest BCUT2D eigenvalue weighted by Crippen LogP contribution is 2.30. The van der Waals surface area contributed by atoms with Crippen LogP contribution in [0.5, 0.6) is 0 Å². The van der Waals surface area contributed by atoms with Gasteiger partial charge in [0.2, 0.25) is 0 Å². The molecule has 10 heteroatoms. The van der Waals surface area contributed by atoms with E-state index in [-0.39, 0.29) is 34.9 Å². The number of nitrogens with zero attached hydrogens (tertiary/aromatic N) is 3. The van der Waals surface area contributed by atoms with Crippen molar-refractivity contribution in [3.05, 3.63) is 105 Å². The molecule has 0 saturated heterocycles. The SMILES string of the molecule is N#C/C(C(=O)NCc1ccco1)=C1/N=C(NC(=O)c2ccc([N+](=O)[O-])cc2)c2ccccc21. The van der Waals surface area contributed by atoms with Crippen LogP contribution in [0.15, 0.2) is 81.9 Å². The Bertz CT molecular complexity index is 1350. The molecule has 0 unspecified atom stereocenters. The molecule has 4 rings (SSSR count). The number of carbonyl (C=O) groups is 2. The van der Waals surface area contributed by atoms with Crippen molar-refractivity contribution >= 4 is 29.0 Å². The molecule has 0 aliphatic carbocycles. The maximum atomic E-state index is 12.7. The quantitative estimate of drug-likeness (QED) is 0.269. The smallest absolute Gasteiger partial charge is 0.269 e. The Morgan fingerprint density at radius 3 is 2.42 bits per heavy atom. The molecule has 162 valence electrons. The van der Waals surface area contributed by atoms with Crippen LogP contribution in [0, 0.1) is 21.4 Å². The molecule has 1 aromatic heterocycles. The van der Waals surface area contributed by atoms with Crippen LogP contribution < -0.4 is 10.6 Å². The fraction of sp³-hybridized carbons (Fsp3) is 0.0435. The van der Waals surface area contributed by atoms with Gasteiger partial charge in [-0.3, -0.25) is 19.7 Å². The molecule has 1 aliphatic heterocycles. The van der Waals surface area contributed by atoms with E-state index in [1.54, 1.807) is 36.4 Å². The first-order chi connectivity index (χ1) is 16.0. The predicted molar refractivity (Wildman–Crippen MR) is 117 cm³/mol. The average Bonchev–Trinajstić information content (AvgIpc) is 3.47. The molecule has 0 radical (unpaired) electrons. The molecule has 0 atom stereocenters. The number of benzene rings is 2. The normalized spacial score (nSPS) is 13.4. The van der Waals surface area contributed by atoms with Crippen molar-refractivity contribution in [1.82, 2.24) is 10.6 Å². The maximum Gasteiger partial charge on any atom is 0.269 e. The van der Waals surface area contributed by atoms with Gasteiger partial charge in [0.05, 0.1) is 23.4 Å². The van der Waals surface area contributed by atoms with Crippen LogP contribution in [0.2, 0.25) is 0 Å². The van der Waals surface area contributed by atoms with Gasteiger partial charge in [0.25, 0.3) is 17.5 Å². The summed E-state index contributed by atoms with van der Waals surface area (Å²) >= 11 is 0. The van der Waals surface area contributed by atoms with Gasteiger partial charge in [0.1, 0.15) is 23.2 Å². The van der Waals surface area contributed by atoms with Crippen molar-refractivity contribution in [2.45, 2.75) is 6.54 Å². The second-order valence-electron chi connectivity index (χ2n) is 6.86. The van der Waals surface area contributed by atoms with Gasteiger partial charge in [-0.1, -0.05) is 24.3 Å². The van der Waals surface area contributed by atoms with Crippen LogP contribution in [-0.4, -0.2) is 22.6 Å². The summed E-state index contributed by atoms with van der Waals surface area (Å²) in [7, 11) is 0. The first-order valence-electron chi connectivity index (χ1n) is 9.67. The molecular weight excluding hydrogens is 426 g/mol. The lowest BCUT2D eigenvalue weighted by molar-refractivity contribution is -0.384. The number of nitriles is 1. The number of nitro benzene ring substituents is 1. The Kier molecular flexibility index (Phi) is 5.77. The van der Waals surface area contributed by atoms with Crippen LogP contribution in [0.1, 0.15) is 27.2 Å². The highest BCUT2D eigenvalue weighted by molar-refractivity contribution is 6.20. The van der Waals surface area contributed by atoms with E-state index in [0.717, 1.165) is 0 Å². The summed E-state index contributed by atoms with van der Waals surface area (Å²) in [5.74, 6) is -0.488. The lowest BCUT2D eigenvalue weighted by atomic mass is 10.0. The van der Waals surface area contributed by atoms with Gasteiger partial charge in [0, 0.05) is 28.8 Å². The molecular formula is C23H15N5O5. The number of amidine groups is 1. The summed E-state index contributed by atoms with van der Waals surface area (Å²) in [5, 5.41) is 25.7. The van der Waals surface area contributed by atoms with E-state index >= 15 is 0 Å². The number of fused-ring (bicyclic) bond motifs is 1. The van der Waals surface area contributed by atoms with Gasteiger partial charge >= 0.3 is 0 Å². The summed E-state index contributed by atoms with van der Waals surface area (Å²) in [6, 6.07) is 17.2. The topological polar surface area (TPSA) is 151 Å². The van der Waals surface area contributed by atoms with Crippen LogP contribution in [0.3, 0.4) is 0 Å². The van der Waals surface area contributed by atoms with Gasteiger partial charge < -0.3 is 15.1 Å². The third kappa shape index (κ3) is 4.38. The third-order valence-corrected chi connectivity index (χ3v) is 4.81. The van der Waals surface area contributed by atoms with E-state index < -0.39 is 16.7 Å². The highest BCUT2D eigenvalue weighted by atomic mass is 16.6. The van der Waals surface area contributed by atoms with Crippen molar-refractivity contribution in [2.24, 2.45) is 4.99 Å². The number of nitro groups is 1. The number of nitrogens with one attached hydrogen (secondary N) is 2. The Morgan fingerprint density at radius 2 is 1.79 bits per heavy atom. The zero-order valence-corrected chi connectivity index (χ0v) is 16.9. The van der Waals surface area contributed by atoms with E-state index in [0.29, 0.717) is 16.9 Å². The fourth-order valence-corrected chi connectivity index (χ4v) is 3.21. The fourth-order valence-electron chi connectivity index (χ4n) is 3.21. The summed E-state index contributed by atoms with van der Waals surface area (Å²) in [5.41, 5.74) is 1.02. The van der Waals surface area contributed by atoms with E-state index in [2.05, 4.69) is 15.6 Å². The monoisotopic (exact) mass is 441 g/mol. The van der Waals surface area contributed by atoms with Crippen LogP contribution in [0.4, 0.5) is 5.69 Å². The van der Waals surface area contributed by atoms with E-state index in [1.165, 1.54) is 30.5 Å². The van der Waals surface area contributed by atoms with E-state index in [9.17, 15) is 25.0 Å². The largest absolute Gasteiger partial charge is 0.467 e. The van der Waals surface area contributed by atoms with Gasteiger partial charge in [-0.2, -0.15) is 5.26 Å². The van der Waals surface area contributed by atoms with E-state index in [1.807, 2.05) is 6.07 Å². The molecule has 0 spiro atoms. The number of rotatable bonds is 5. The molecule has 2 heterocycles. The zero-order chi connectivity index (χ0) is 23.4.